The molecule has 164 valence electrons. The molecular formula is C28H31N3O. The summed E-state index contributed by atoms with van der Waals surface area (Å²) < 4.78 is 5.40. The summed E-state index contributed by atoms with van der Waals surface area (Å²) in [5.41, 5.74) is 4.78. The van der Waals surface area contributed by atoms with Crippen LogP contribution in [0.4, 0.5) is 5.82 Å². The van der Waals surface area contributed by atoms with E-state index in [0.717, 1.165) is 55.1 Å². The van der Waals surface area contributed by atoms with Gasteiger partial charge in [0, 0.05) is 43.2 Å². The van der Waals surface area contributed by atoms with Crippen molar-refractivity contribution in [3.63, 3.8) is 0 Å². The van der Waals surface area contributed by atoms with Gasteiger partial charge < -0.3 is 10.1 Å². The standard InChI is InChI=1S/C28H31N3O/c1-3-16-29-28-25(17-24-14-15-26(32-2)18-27(24)30-28)21-31(19-22-10-6-4-7-11-22)20-23-12-8-5-9-13-23/h4-15,17-18H,3,16,19-21H2,1-2H3,(H,29,30). The van der Waals surface area contributed by atoms with E-state index in [0.29, 0.717) is 0 Å². The Morgan fingerprint density at radius 1 is 0.812 bits per heavy atom. The van der Waals surface area contributed by atoms with Crippen LogP contribution >= 0.6 is 0 Å². The van der Waals surface area contributed by atoms with Crippen LogP contribution < -0.4 is 10.1 Å². The molecule has 0 aliphatic carbocycles. The molecule has 0 aliphatic heterocycles. The van der Waals surface area contributed by atoms with Gasteiger partial charge in [-0.05, 0) is 35.7 Å². The first-order chi connectivity index (χ1) is 15.7. The average Bonchev–Trinajstić information content (AvgIpc) is 2.83. The molecule has 1 heterocycles. The number of nitrogens with one attached hydrogen (secondary N) is 1. The van der Waals surface area contributed by atoms with Crippen LogP contribution in [0.25, 0.3) is 10.9 Å². The maximum Gasteiger partial charge on any atom is 0.131 e. The summed E-state index contributed by atoms with van der Waals surface area (Å²) in [6.45, 7) is 5.64. The molecule has 4 heteroatoms. The number of hydrogen-bond donors (Lipinski definition) is 1. The normalized spacial score (nSPS) is 11.1. The van der Waals surface area contributed by atoms with Gasteiger partial charge in [-0.3, -0.25) is 4.90 Å². The van der Waals surface area contributed by atoms with Gasteiger partial charge in [-0.2, -0.15) is 0 Å². The maximum absolute atomic E-state index is 5.40. The zero-order chi connectivity index (χ0) is 22.2. The Morgan fingerprint density at radius 2 is 1.47 bits per heavy atom. The minimum Gasteiger partial charge on any atom is -0.497 e. The molecular weight excluding hydrogens is 394 g/mol. The molecule has 0 unspecified atom stereocenters. The summed E-state index contributed by atoms with van der Waals surface area (Å²) in [5.74, 6) is 1.78. The largest absolute Gasteiger partial charge is 0.497 e. The third-order valence-electron chi connectivity index (χ3n) is 5.54. The summed E-state index contributed by atoms with van der Waals surface area (Å²) in [5, 5.41) is 4.67. The van der Waals surface area contributed by atoms with Crippen molar-refractivity contribution in [3.8, 4) is 5.75 Å². The Bertz CT molecular complexity index is 1090. The summed E-state index contributed by atoms with van der Waals surface area (Å²) in [6.07, 6.45) is 1.05. The van der Waals surface area contributed by atoms with Crippen LogP contribution in [0.2, 0.25) is 0 Å². The highest BCUT2D eigenvalue weighted by Gasteiger charge is 2.14. The van der Waals surface area contributed by atoms with Crippen LogP contribution in [0.1, 0.15) is 30.0 Å². The van der Waals surface area contributed by atoms with Crippen molar-refractivity contribution in [1.29, 1.82) is 0 Å². The van der Waals surface area contributed by atoms with Gasteiger partial charge >= 0.3 is 0 Å². The second-order valence-electron chi connectivity index (χ2n) is 8.10. The molecule has 0 fully saturated rings. The van der Waals surface area contributed by atoms with E-state index in [-0.39, 0.29) is 0 Å². The fraction of sp³-hybridized carbons (Fsp3) is 0.250. The number of ether oxygens (including phenoxy) is 1. The van der Waals surface area contributed by atoms with Crippen LogP contribution in [-0.2, 0) is 19.6 Å². The summed E-state index contributed by atoms with van der Waals surface area (Å²) in [6, 6.07) is 29.7. The molecule has 1 N–H and O–H groups in total. The van der Waals surface area contributed by atoms with Gasteiger partial charge in [-0.15, -0.1) is 0 Å². The lowest BCUT2D eigenvalue weighted by molar-refractivity contribution is 0.248. The highest BCUT2D eigenvalue weighted by Crippen LogP contribution is 2.26. The van der Waals surface area contributed by atoms with Crippen molar-refractivity contribution in [2.75, 3.05) is 19.0 Å². The lowest BCUT2D eigenvalue weighted by Gasteiger charge is -2.24. The number of anilines is 1. The number of benzene rings is 3. The lowest BCUT2D eigenvalue weighted by atomic mass is 10.1. The van der Waals surface area contributed by atoms with Gasteiger partial charge in [0.1, 0.15) is 11.6 Å². The van der Waals surface area contributed by atoms with Crippen molar-refractivity contribution in [2.24, 2.45) is 0 Å². The van der Waals surface area contributed by atoms with Gasteiger partial charge in [-0.25, -0.2) is 4.98 Å². The molecule has 32 heavy (non-hydrogen) atoms. The molecule has 4 aromatic rings. The monoisotopic (exact) mass is 425 g/mol. The smallest absolute Gasteiger partial charge is 0.131 e. The molecule has 4 rings (SSSR count). The number of methoxy groups -OCH3 is 1. The maximum atomic E-state index is 5.40. The molecule has 0 spiro atoms. The van der Waals surface area contributed by atoms with E-state index in [1.807, 2.05) is 12.1 Å². The molecule has 1 aromatic heterocycles. The molecule has 0 atom stereocenters. The summed E-state index contributed by atoms with van der Waals surface area (Å²) in [7, 11) is 1.69. The van der Waals surface area contributed by atoms with Crippen LogP contribution in [0.15, 0.2) is 84.9 Å². The van der Waals surface area contributed by atoms with E-state index >= 15 is 0 Å². The molecule has 0 bridgehead atoms. The van der Waals surface area contributed by atoms with E-state index in [4.69, 9.17) is 9.72 Å². The first-order valence-corrected chi connectivity index (χ1v) is 11.3. The SMILES string of the molecule is CCCNc1nc2cc(OC)ccc2cc1CN(Cc1ccccc1)Cc1ccccc1. The van der Waals surface area contributed by atoms with Crippen LogP contribution in [0.5, 0.6) is 5.75 Å². The second kappa shape index (κ2) is 10.8. The van der Waals surface area contributed by atoms with Gasteiger partial charge in [0.25, 0.3) is 0 Å². The first kappa shape index (κ1) is 21.8. The Balaban J connectivity index is 1.67. The number of rotatable bonds is 10. The van der Waals surface area contributed by atoms with E-state index in [1.54, 1.807) is 7.11 Å². The van der Waals surface area contributed by atoms with E-state index in [2.05, 4.69) is 89.9 Å². The average molecular weight is 426 g/mol. The molecule has 0 saturated carbocycles. The Labute approximate surface area is 190 Å². The molecule has 0 amide bonds. The van der Waals surface area contributed by atoms with Crippen LogP contribution in [0.3, 0.4) is 0 Å². The highest BCUT2D eigenvalue weighted by molar-refractivity contribution is 5.83. The Kier molecular flexibility index (Phi) is 7.36. The number of hydrogen-bond acceptors (Lipinski definition) is 4. The third kappa shape index (κ3) is 5.65. The zero-order valence-corrected chi connectivity index (χ0v) is 18.9. The molecule has 3 aromatic carbocycles. The van der Waals surface area contributed by atoms with Crippen molar-refractivity contribution >= 4 is 16.7 Å². The highest BCUT2D eigenvalue weighted by atomic mass is 16.5. The van der Waals surface area contributed by atoms with Crippen LogP contribution in [0, 0.1) is 0 Å². The fourth-order valence-corrected chi connectivity index (χ4v) is 3.93. The van der Waals surface area contributed by atoms with Crippen LogP contribution in [-0.4, -0.2) is 23.5 Å². The van der Waals surface area contributed by atoms with Crippen molar-refractivity contribution in [3.05, 3.63) is 102 Å². The number of aromatic nitrogens is 1. The molecule has 0 saturated heterocycles. The molecule has 0 aliphatic rings. The Morgan fingerprint density at radius 3 is 2.06 bits per heavy atom. The Hall–Kier alpha value is -3.37. The lowest BCUT2D eigenvalue weighted by Crippen LogP contribution is -2.23. The van der Waals surface area contributed by atoms with Gasteiger partial charge in [0.15, 0.2) is 0 Å². The van der Waals surface area contributed by atoms with E-state index < -0.39 is 0 Å². The zero-order valence-electron chi connectivity index (χ0n) is 18.9. The summed E-state index contributed by atoms with van der Waals surface area (Å²) in [4.78, 5) is 7.45. The number of pyridine rings is 1. The fourth-order valence-electron chi connectivity index (χ4n) is 3.93. The third-order valence-corrected chi connectivity index (χ3v) is 5.54. The minimum absolute atomic E-state index is 0.810. The van der Waals surface area contributed by atoms with Gasteiger partial charge in [0.2, 0.25) is 0 Å². The summed E-state index contributed by atoms with van der Waals surface area (Å²) >= 11 is 0. The van der Waals surface area contributed by atoms with Crippen molar-refractivity contribution < 1.29 is 4.74 Å². The minimum atomic E-state index is 0.810. The topological polar surface area (TPSA) is 37.4 Å². The van der Waals surface area contributed by atoms with E-state index in [1.165, 1.54) is 16.7 Å². The van der Waals surface area contributed by atoms with Crippen molar-refractivity contribution in [2.45, 2.75) is 33.0 Å². The van der Waals surface area contributed by atoms with E-state index in [9.17, 15) is 0 Å². The molecule has 0 radical (unpaired) electrons. The predicted octanol–water partition coefficient (Wildman–Crippen LogP) is 6.27. The quantitative estimate of drug-likeness (QED) is 0.325. The molecule has 4 nitrogen and oxygen atoms in total. The predicted molar refractivity (Wildman–Crippen MR) is 133 cm³/mol. The first-order valence-electron chi connectivity index (χ1n) is 11.3. The van der Waals surface area contributed by atoms with Gasteiger partial charge in [-0.1, -0.05) is 67.6 Å². The van der Waals surface area contributed by atoms with Crippen molar-refractivity contribution in [1.82, 2.24) is 9.88 Å². The van der Waals surface area contributed by atoms with Gasteiger partial charge in [0.05, 0.1) is 12.6 Å². The number of nitrogens with zero attached hydrogens (tertiary/aromatic N) is 2. The number of fused-ring (bicyclic) bond motifs is 1. The second-order valence-corrected chi connectivity index (χ2v) is 8.10.